The largest absolute Gasteiger partial charge is 0.416 e. The van der Waals surface area contributed by atoms with Gasteiger partial charge in [0.05, 0.1) is 5.56 Å². The Hall–Kier alpha value is -0.710. The highest BCUT2D eigenvalue weighted by atomic mass is 79.9. The van der Waals surface area contributed by atoms with Gasteiger partial charge in [0.25, 0.3) is 0 Å². The first-order valence-electron chi connectivity index (χ1n) is 7.03. The van der Waals surface area contributed by atoms with Gasteiger partial charge >= 0.3 is 6.18 Å². The highest BCUT2D eigenvalue weighted by Crippen LogP contribution is 2.35. The van der Waals surface area contributed by atoms with E-state index in [0.717, 1.165) is 36.6 Å². The Morgan fingerprint density at radius 1 is 1.20 bits per heavy atom. The Kier molecular flexibility index (Phi) is 4.99. The second kappa shape index (κ2) is 6.37. The van der Waals surface area contributed by atoms with Gasteiger partial charge in [-0.2, -0.15) is 13.2 Å². The number of anilines is 1. The normalized spacial score (nSPS) is 23.6. The monoisotopic (exact) mass is 349 g/mol. The van der Waals surface area contributed by atoms with E-state index in [4.69, 9.17) is 0 Å². The molecule has 0 aromatic heterocycles. The summed E-state index contributed by atoms with van der Waals surface area (Å²) in [6.07, 6.45) is 1.51. The Labute approximate surface area is 126 Å². The van der Waals surface area contributed by atoms with Crippen molar-refractivity contribution in [3.05, 3.63) is 28.2 Å². The van der Waals surface area contributed by atoms with Crippen LogP contribution in [-0.2, 0) is 6.18 Å². The lowest BCUT2D eigenvalue weighted by molar-refractivity contribution is -0.137. The fourth-order valence-corrected chi connectivity index (χ4v) is 3.24. The summed E-state index contributed by atoms with van der Waals surface area (Å²) in [6, 6.07) is 4.15. The zero-order valence-corrected chi connectivity index (χ0v) is 13.0. The van der Waals surface area contributed by atoms with Crippen molar-refractivity contribution in [2.75, 3.05) is 5.32 Å². The Bertz CT molecular complexity index is 451. The van der Waals surface area contributed by atoms with Gasteiger partial charge in [-0.1, -0.05) is 13.3 Å². The summed E-state index contributed by atoms with van der Waals surface area (Å²) >= 11 is 3.23. The lowest BCUT2D eigenvalue weighted by Crippen LogP contribution is -2.26. The molecule has 1 N–H and O–H groups in total. The fourth-order valence-electron chi connectivity index (χ4n) is 2.74. The molecule has 20 heavy (non-hydrogen) atoms. The van der Waals surface area contributed by atoms with Crippen LogP contribution >= 0.6 is 15.9 Å². The van der Waals surface area contributed by atoms with Gasteiger partial charge in [-0.15, -0.1) is 0 Å². The Morgan fingerprint density at radius 2 is 1.85 bits per heavy atom. The van der Waals surface area contributed by atoms with Crippen LogP contribution in [0.1, 0.15) is 44.6 Å². The Morgan fingerprint density at radius 3 is 2.35 bits per heavy atom. The molecule has 0 heterocycles. The molecule has 0 radical (unpaired) electrons. The Balaban J connectivity index is 2.00. The maximum absolute atomic E-state index is 12.6. The van der Waals surface area contributed by atoms with E-state index in [2.05, 4.69) is 28.2 Å². The van der Waals surface area contributed by atoms with E-state index < -0.39 is 11.7 Å². The molecular weight excluding hydrogens is 331 g/mol. The van der Waals surface area contributed by atoms with Crippen molar-refractivity contribution in [1.29, 1.82) is 0 Å². The number of hydrogen-bond donors (Lipinski definition) is 1. The second-order valence-electron chi connectivity index (χ2n) is 5.46. The number of benzene rings is 1. The number of nitrogens with one attached hydrogen (secondary N) is 1. The average Bonchev–Trinajstić information content (AvgIpc) is 2.41. The van der Waals surface area contributed by atoms with Crippen molar-refractivity contribution in [2.45, 2.75) is 51.2 Å². The van der Waals surface area contributed by atoms with Crippen LogP contribution < -0.4 is 5.32 Å². The number of hydrogen-bond acceptors (Lipinski definition) is 1. The molecule has 0 atom stereocenters. The highest BCUT2D eigenvalue weighted by molar-refractivity contribution is 9.10. The molecule has 1 aromatic carbocycles. The topological polar surface area (TPSA) is 12.0 Å². The van der Waals surface area contributed by atoms with Crippen molar-refractivity contribution in [1.82, 2.24) is 0 Å². The summed E-state index contributed by atoms with van der Waals surface area (Å²) in [5.41, 5.74) is 0.127. The van der Waals surface area contributed by atoms with Crippen LogP contribution in [-0.4, -0.2) is 6.04 Å². The summed E-state index contributed by atoms with van der Waals surface area (Å²) in [5, 5.41) is 3.36. The van der Waals surface area contributed by atoms with E-state index in [9.17, 15) is 13.2 Å². The van der Waals surface area contributed by atoms with E-state index in [0.29, 0.717) is 10.5 Å². The van der Waals surface area contributed by atoms with Crippen LogP contribution in [0.5, 0.6) is 0 Å². The molecular formula is C15H19BrF3N. The van der Waals surface area contributed by atoms with Crippen LogP contribution in [0.15, 0.2) is 22.7 Å². The minimum Gasteiger partial charge on any atom is -0.381 e. The zero-order chi connectivity index (χ0) is 14.8. The maximum Gasteiger partial charge on any atom is 0.416 e. The van der Waals surface area contributed by atoms with Gasteiger partial charge in [0.1, 0.15) is 0 Å². The molecule has 1 nitrogen and oxygen atoms in total. The molecule has 1 aliphatic carbocycles. The van der Waals surface area contributed by atoms with E-state index in [1.165, 1.54) is 25.3 Å². The van der Waals surface area contributed by atoms with Gasteiger partial charge in [-0.05, 0) is 65.7 Å². The summed E-state index contributed by atoms with van der Waals surface area (Å²) in [5.74, 6) is 0.809. The summed E-state index contributed by atoms with van der Waals surface area (Å²) in [4.78, 5) is 0. The second-order valence-corrected chi connectivity index (χ2v) is 6.32. The molecule has 0 unspecified atom stereocenters. The van der Waals surface area contributed by atoms with Crippen molar-refractivity contribution in [3.63, 3.8) is 0 Å². The third-order valence-electron chi connectivity index (χ3n) is 4.08. The molecule has 1 fully saturated rings. The quantitative estimate of drug-likeness (QED) is 0.721. The third kappa shape index (κ3) is 3.90. The fraction of sp³-hybridized carbons (Fsp3) is 0.600. The average molecular weight is 350 g/mol. The summed E-state index contributed by atoms with van der Waals surface area (Å²) in [7, 11) is 0. The molecule has 0 bridgehead atoms. The van der Waals surface area contributed by atoms with Crippen LogP contribution in [0.4, 0.5) is 18.9 Å². The van der Waals surface area contributed by atoms with Crippen molar-refractivity contribution in [2.24, 2.45) is 5.92 Å². The lowest BCUT2D eigenvalue weighted by Gasteiger charge is -2.29. The lowest BCUT2D eigenvalue weighted by atomic mass is 9.84. The summed E-state index contributed by atoms with van der Waals surface area (Å²) < 4.78 is 38.3. The van der Waals surface area contributed by atoms with Gasteiger partial charge in [0.2, 0.25) is 0 Å². The molecule has 0 spiro atoms. The molecule has 1 aromatic rings. The molecule has 1 aliphatic rings. The molecule has 112 valence electrons. The molecule has 0 saturated heterocycles. The predicted octanol–water partition coefficient (Wildman–Crippen LogP) is 5.85. The van der Waals surface area contributed by atoms with E-state index in [-0.39, 0.29) is 0 Å². The minimum absolute atomic E-state index is 0.367. The van der Waals surface area contributed by atoms with Crippen LogP contribution in [0.25, 0.3) is 0 Å². The van der Waals surface area contributed by atoms with Crippen molar-refractivity contribution >= 4 is 21.6 Å². The predicted molar refractivity (Wildman–Crippen MR) is 78.8 cm³/mol. The maximum atomic E-state index is 12.6. The van der Waals surface area contributed by atoms with Crippen LogP contribution in [0.3, 0.4) is 0 Å². The molecule has 2 rings (SSSR count). The molecule has 0 aliphatic heterocycles. The van der Waals surface area contributed by atoms with Gasteiger partial charge in [-0.25, -0.2) is 0 Å². The molecule has 5 heteroatoms. The standard InChI is InChI=1S/C15H19BrF3N/c1-2-10-3-6-12(7-4-10)20-14-8-5-11(9-13(14)16)15(17,18)19/h5,8-10,12,20H,2-4,6-7H2,1H3. The van der Waals surface area contributed by atoms with Gasteiger partial charge < -0.3 is 5.32 Å². The first kappa shape index (κ1) is 15.7. The van der Waals surface area contributed by atoms with E-state index in [1.807, 2.05) is 0 Å². The highest BCUT2D eigenvalue weighted by Gasteiger charge is 2.31. The van der Waals surface area contributed by atoms with E-state index >= 15 is 0 Å². The minimum atomic E-state index is -4.29. The zero-order valence-electron chi connectivity index (χ0n) is 11.4. The SMILES string of the molecule is CCC1CCC(Nc2ccc(C(F)(F)F)cc2Br)CC1. The van der Waals surface area contributed by atoms with Crippen LogP contribution in [0.2, 0.25) is 0 Å². The number of rotatable bonds is 3. The van der Waals surface area contributed by atoms with E-state index in [1.54, 1.807) is 0 Å². The van der Waals surface area contributed by atoms with Crippen molar-refractivity contribution < 1.29 is 13.2 Å². The van der Waals surface area contributed by atoms with Crippen LogP contribution in [0, 0.1) is 5.92 Å². The molecule has 1 saturated carbocycles. The molecule has 0 amide bonds. The third-order valence-corrected chi connectivity index (χ3v) is 4.74. The first-order chi connectivity index (χ1) is 9.40. The first-order valence-corrected chi connectivity index (χ1v) is 7.82. The smallest absolute Gasteiger partial charge is 0.381 e. The number of halogens is 4. The van der Waals surface area contributed by atoms with Crippen molar-refractivity contribution in [3.8, 4) is 0 Å². The summed E-state index contributed by atoms with van der Waals surface area (Å²) in [6.45, 7) is 2.21. The number of alkyl halides is 3. The van der Waals surface area contributed by atoms with Gasteiger partial charge in [0, 0.05) is 16.2 Å². The van der Waals surface area contributed by atoms with Gasteiger partial charge in [-0.3, -0.25) is 0 Å². The van der Waals surface area contributed by atoms with Gasteiger partial charge in [0.15, 0.2) is 0 Å².